The van der Waals surface area contributed by atoms with Gasteiger partial charge in [0.25, 0.3) is 0 Å². The van der Waals surface area contributed by atoms with Gasteiger partial charge < -0.3 is 8.97 Å². The van der Waals surface area contributed by atoms with E-state index in [0.717, 1.165) is 0 Å². The second-order valence-corrected chi connectivity index (χ2v) is 20.2. The predicted octanol–water partition coefficient (Wildman–Crippen LogP) is 13.2. The molecule has 2 bridgehead atoms. The summed E-state index contributed by atoms with van der Waals surface area (Å²) in [5.41, 5.74) is 26.9. The summed E-state index contributed by atoms with van der Waals surface area (Å²) in [4.78, 5) is 11.3. The van der Waals surface area contributed by atoms with Gasteiger partial charge in [-0.1, -0.05) is 147 Å². The van der Waals surface area contributed by atoms with Gasteiger partial charge in [-0.3, -0.25) is 9.97 Å². The molecule has 1 aliphatic heterocycles. The molecule has 0 saturated carbocycles. The van der Waals surface area contributed by atoms with E-state index in [1.165, 1.54) is 144 Å². The summed E-state index contributed by atoms with van der Waals surface area (Å²) in [6.07, 6.45) is 4.47. The SMILES string of the molecule is CC1(C)c2ccccc2-n2c3cc4c5c6c(ncc5n5c7cnc8c(c7c(c3c3cccc1c32)c45)C1c2ccccc2C8c2ccccc21)C1c2ccccc2C12c1ccccc1C62. The average Bonchev–Trinajstić information content (AvgIpc) is 4.02. The van der Waals surface area contributed by atoms with Crippen LogP contribution in [0.3, 0.4) is 0 Å². The molecule has 0 fully saturated rings. The summed E-state index contributed by atoms with van der Waals surface area (Å²) in [5.74, 6) is 0.662. The zero-order valence-electron chi connectivity index (χ0n) is 35.1. The van der Waals surface area contributed by atoms with Crippen molar-refractivity contribution in [2.75, 3.05) is 0 Å². The first-order chi connectivity index (χ1) is 31.6. The monoisotopic (exact) mass is 812 g/mol. The van der Waals surface area contributed by atoms with Crippen molar-refractivity contribution in [1.82, 2.24) is 18.9 Å². The maximum Gasteiger partial charge on any atom is 0.0729 e. The van der Waals surface area contributed by atoms with Crippen LogP contribution in [0.4, 0.5) is 0 Å². The van der Waals surface area contributed by atoms with Crippen molar-refractivity contribution in [3.05, 3.63) is 236 Å². The Hall–Kier alpha value is -7.56. The first kappa shape index (κ1) is 32.2. The Labute approximate surface area is 367 Å². The van der Waals surface area contributed by atoms with Gasteiger partial charge in [-0.25, -0.2) is 0 Å². The molecule has 0 N–H and O–H groups in total. The number of hydrogen-bond donors (Lipinski definition) is 0. The van der Waals surface area contributed by atoms with Crippen molar-refractivity contribution in [1.29, 1.82) is 0 Å². The van der Waals surface area contributed by atoms with E-state index in [0.29, 0.717) is 0 Å². The van der Waals surface area contributed by atoms with Crippen LogP contribution in [0.15, 0.2) is 158 Å². The van der Waals surface area contributed by atoms with Gasteiger partial charge in [-0.15, -0.1) is 0 Å². The van der Waals surface area contributed by atoms with Crippen LogP contribution in [0.2, 0.25) is 0 Å². The number of hydrogen-bond acceptors (Lipinski definition) is 2. The molecule has 3 unspecified atom stereocenters. The zero-order valence-corrected chi connectivity index (χ0v) is 35.1. The van der Waals surface area contributed by atoms with E-state index in [1.54, 1.807) is 0 Å². The highest BCUT2D eigenvalue weighted by atomic mass is 15.0. The first-order valence-corrected chi connectivity index (χ1v) is 23.1. The summed E-state index contributed by atoms with van der Waals surface area (Å²) in [5, 5.41) is 8.08. The van der Waals surface area contributed by atoms with Crippen LogP contribution in [0, 0.1) is 0 Å². The fraction of sp³-hybridized carbons (Fsp3) is 0.133. The number of benzene rings is 7. The molecule has 4 heteroatoms. The minimum Gasteiger partial charge on any atom is -0.309 e. The van der Waals surface area contributed by atoms with Crippen molar-refractivity contribution in [2.24, 2.45) is 0 Å². The van der Waals surface area contributed by atoms with Gasteiger partial charge >= 0.3 is 0 Å². The Morgan fingerprint density at radius 3 is 1.73 bits per heavy atom. The number of para-hydroxylation sites is 2. The van der Waals surface area contributed by atoms with Crippen molar-refractivity contribution in [3.8, 4) is 5.69 Å². The largest absolute Gasteiger partial charge is 0.309 e. The lowest BCUT2D eigenvalue weighted by molar-refractivity contribution is 0.331. The Morgan fingerprint density at radius 1 is 0.438 bits per heavy atom. The van der Waals surface area contributed by atoms with Crippen molar-refractivity contribution >= 4 is 59.9 Å². The minimum absolute atomic E-state index is 0.0734. The van der Waals surface area contributed by atoms with Gasteiger partial charge in [0, 0.05) is 60.9 Å². The van der Waals surface area contributed by atoms with Crippen molar-refractivity contribution < 1.29 is 0 Å². The summed E-state index contributed by atoms with van der Waals surface area (Å²) in [7, 11) is 0. The quantitative estimate of drug-likeness (QED) is 0.153. The molecule has 1 spiro atoms. The third kappa shape index (κ3) is 3.01. The van der Waals surface area contributed by atoms with Gasteiger partial charge in [0.1, 0.15) is 0 Å². The van der Waals surface area contributed by atoms with Crippen LogP contribution in [-0.4, -0.2) is 18.9 Å². The molecule has 7 aromatic carbocycles. The first-order valence-electron chi connectivity index (χ1n) is 23.1. The number of fused-ring (bicyclic) bond motifs is 20. The summed E-state index contributed by atoms with van der Waals surface area (Å²) >= 11 is 0. The predicted molar refractivity (Wildman–Crippen MR) is 255 cm³/mol. The van der Waals surface area contributed by atoms with Gasteiger partial charge in [0.15, 0.2) is 0 Å². The van der Waals surface area contributed by atoms with Crippen LogP contribution in [0.5, 0.6) is 0 Å². The molecule has 3 atom stereocenters. The van der Waals surface area contributed by atoms with Crippen LogP contribution >= 0.6 is 0 Å². The molecule has 0 saturated heterocycles. The molecule has 7 aliphatic rings. The molecule has 19 rings (SSSR count). The third-order valence-electron chi connectivity index (χ3n) is 17.7. The molecule has 5 aromatic heterocycles. The van der Waals surface area contributed by atoms with E-state index in [9.17, 15) is 0 Å². The van der Waals surface area contributed by atoms with Crippen LogP contribution in [0.25, 0.3) is 65.6 Å². The lowest BCUT2D eigenvalue weighted by Crippen LogP contribution is -2.52. The van der Waals surface area contributed by atoms with Gasteiger partial charge in [-0.2, -0.15) is 0 Å². The normalized spacial score (nSPS) is 22.7. The summed E-state index contributed by atoms with van der Waals surface area (Å²) in [6, 6.07) is 55.7. The Bertz CT molecular complexity index is 4230. The second-order valence-electron chi connectivity index (χ2n) is 20.2. The highest BCUT2D eigenvalue weighted by molar-refractivity contribution is 6.37. The van der Waals surface area contributed by atoms with E-state index in [4.69, 9.17) is 9.97 Å². The van der Waals surface area contributed by atoms with E-state index < -0.39 is 0 Å². The van der Waals surface area contributed by atoms with Crippen LogP contribution in [-0.2, 0) is 10.8 Å². The number of aromatic nitrogens is 4. The molecule has 6 aliphatic carbocycles. The molecule has 296 valence electrons. The number of pyridine rings is 2. The minimum atomic E-state index is -0.164. The van der Waals surface area contributed by atoms with Crippen LogP contribution in [0.1, 0.15) is 116 Å². The van der Waals surface area contributed by atoms with E-state index in [2.05, 4.69) is 181 Å². The van der Waals surface area contributed by atoms with E-state index in [1.807, 2.05) is 0 Å². The second kappa shape index (κ2) is 9.96. The highest BCUT2D eigenvalue weighted by Gasteiger charge is 2.70. The smallest absolute Gasteiger partial charge is 0.0729 e. The fourth-order valence-electron chi connectivity index (χ4n) is 15.6. The highest BCUT2D eigenvalue weighted by Crippen LogP contribution is 2.77. The molecule has 0 amide bonds. The topological polar surface area (TPSA) is 35.1 Å². The zero-order chi connectivity index (χ0) is 41.3. The summed E-state index contributed by atoms with van der Waals surface area (Å²) in [6.45, 7) is 4.83. The number of rotatable bonds is 0. The molecule has 12 aromatic rings. The summed E-state index contributed by atoms with van der Waals surface area (Å²) < 4.78 is 5.24. The van der Waals surface area contributed by atoms with Gasteiger partial charge in [0.05, 0.1) is 63.0 Å². The fourth-order valence-corrected chi connectivity index (χ4v) is 15.6. The molecule has 0 radical (unpaired) electrons. The van der Waals surface area contributed by atoms with E-state index in [-0.39, 0.29) is 34.5 Å². The molecule has 6 heterocycles. The Balaban J connectivity index is 1.08. The molecule has 4 nitrogen and oxygen atoms in total. The van der Waals surface area contributed by atoms with Crippen LogP contribution < -0.4 is 0 Å². The molecular weight excluding hydrogens is 777 g/mol. The van der Waals surface area contributed by atoms with Gasteiger partial charge in [0.2, 0.25) is 0 Å². The Kier molecular flexibility index (Phi) is 5.01. The molecule has 64 heavy (non-hydrogen) atoms. The van der Waals surface area contributed by atoms with Crippen molar-refractivity contribution in [2.45, 2.75) is 48.3 Å². The van der Waals surface area contributed by atoms with E-state index >= 15 is 0 Å². The maximum atomic E-state index is 5.63. The lowest BCUT2D eigenvalue weighted by Gasteiger charge is -2.58. The molecular formula is C60H36N4. The average molecular weight is 813 g/mol. The number of nitrogens with zero attached hydrogens (tertiary/aromatic N) is 4. The van der Waals surface area contributed by atoms with Gasteiger partial charge in [-0.05, 0) is 78.9 Å². The third-order valence-corrected chi connectivity index (χ3v) is 17.7. The lowest BCUT2D eigenvalue weighted by atomic mass is 9.43. The van der Waals surface area contributed by atoms with Crippen molar-refractivity contribution in [3.63, 3.8) is 0 Å². The maximum absolute atomic E-state index is 5.63. The standard InChI is InChI=1S/C60H36N4/c1-59(2)39-23-11-12-25-41(39)63-42-26-36-48-43(27-62-56-52(48)53-33-18-7-9-21-37(33)60(53)38-22-10-8-19-34(38)54(56)60)64-44-28-61-55-46-31-16-5-3-14-29(31)45(30-15-4-6-17-32(30)46)50(55)49(44)51(58(36)64)47(42)35-20-13-24-40(59)57(35)63/h3-28,45-46,53-54H,1-2H3. The Morgan fingerprint density at radius 2 is 1.02 bits per heavy atom.